The maximum absolute atomic E-state index is 12.3. The lowest BCUT2D eigenvalue weighted by molar-refractivity contribution is 0.0949. The summed E-state index contributed by atoms with van der Waals surface area (Å²) >= 11 is 0. The number of aromatic nitrogens is 2. The summed E-state index contributed by atoms with van der Waals surface area (Å²) in [5.74, 6) is 0.596. The highest BCUT2D eigenvalue weighted by Gasteiger charge is 2.10. The average molecular weight is 354 g/mol. The van der Waals surface area contributed by atoms with Gasteiger partial charge in [-0.15, -0.1) is 0 Å². The Bertz CT molecular complexity index is 666. The van der Waals surface area contributed by atoms with E-state index >= 15 is 0 Å². The van der Waals surface area contributed by atoms with E-state index in [2.05, 4.69) is 32.8 Å². The molecule has 0 saturated heterocycles. The second kappa shape index (κ2) is 10.1. The van der Waals surface area contributed by atoms with E-state index in [4.69, 9.17) is 0 Å². The number of carbonyl (C=O) groups excluding carboxylic acids is 1. The van der Waals surface area contributed by atoms with Crippen LogP contribution in [0.2, 0.25) is 0 Å². The molecule has 0 spiro atoms. The van der Waals surface area contributed by atoms with Gasteiger partial charge in [-0.2, -0.15) is 0 Å². The normalized spacial score (nSPS) is 17.2. The number of nitrogens with one attached hydrogen (secondary N) is 2. The van der Waals surface area contributed by atoms with Gasteiger partial charge >= 0.3 is 0 Å². The summed E-state index contributed by atoms with van der Waals surface area (Å²) in [6.45, 7) is 1.52. The molecule has 140 valence electrons. The first kappa shape index (κ1) is 18.6. The molecule has 1 heterocycles. The highest BCUT2D eigenvalue weighted by molar-refractivity contribution is 5.92. The topological polar surface area (TPSA) is 66.9 Å². The third-order valence-electron chi connectivity index (χ3n) is 5.15. The molecule has 0 aromatic carbocycles. The molecule has 0 unspecified atom stereocenters. The maximum Gasteiger partial charge on any atom is 0.270 e. The van der Waals surface area contributed by atoms with Gasteiger partial charge in [0, 0.05) is 19.2 Å². The Labute approximate surface area is 156 Å². The van der Waals surface area contributed by atoms with Gasteiger partial charge in [-0.3, -0.25) is 4.79 Å². The quantitative estimate of drug-likeness (QED) is 0.679. The molecule has 2 N–H and O–H groups in total. The molecule has 2 aliphatic rings. The number of rotatable bonds is 8. The van der Waals surface area contributed by atoms with Crippen molar-refractivity contribution in [1.82, 2.24) is 15.3 Å². The third kappa shape index (κ3) is 5.97. The third-order valence-corrected chi connectivity index (χ3v) is 5.15. The molecule has 0 radical (unpaired) electrons. The van der Waals surface area contributed by atoms with Crippen molar-refractivity contribution in [3.63, 3.8) is 0 Å². The van der Waals surface area contributed by atoms with Crippen molar-refractivity contribution in [2.45, 2.75) is 64.2 Å². The van der Waals surface area contributed by atoms with E-state index in [1.807, 2.05) is 0 Å². The van der Waals surface area contributed by atoms with Crippen LogP contribution in [0.3, 0.4) is 0 Å². The van der Waals surface area contributed by atoms with E-state index in [9.17, 15) is 4.79 Å². The largest absolute Gasteiger partial charge is 0.370 e. The number of hydrogen-bond acceptors (Lipinski definition) is 4. The molecule has 5 heteroatoms. The molecular weight excluding hydrogens is 324 g/mol. The Kier molecular flexibility index (Phi) is 7.23. The average Bonchev–Trinajstić information content (AvgIpc) is 2.70. The number of amides is 1. The minimum Gasteiger partial charge on any atom is -0.370 e. The van der Waals surface area contributed by atoms with E-state index in [0.717, 1.165) is 25.2 Å². The molecule has 0 aliphatic heterocycles. The van der Waals surface area contributed by atoms with Crippen molar-refractivity contribution in [2.75, 3.05) is 18.4 Å². The predicted octanol–water partition coefficient (Wildman–Crippen LogP) is 4.40. The highest BCUT2D eigenvalue weighted by atomic mass is 16.1. The molecular formula is C21H30N4O. The monoisotopic (exact) mass is 354 g/mol. The Hall–Kier alpha value is -2.17. The summed E-state index contributed by atoms with van der Waals surface area (Å²) < 4.78 is 0. The van der Waals surface area contributed by atoms with Crippen LogP contribution in [0.25, 0.3) is 0 Å². The van der Waals surface area contributed by atoms with Gasteiger partial charge in [0.15, 0.2) is 0 Å². The summed E-state index contributed by atoms with van der Waals surface area (Å²) in [7, 11) is 0. The fourth-order valence-electron chi connectivity index (χ4n) is 3.62. The van der Waals surface area contributed by atoms with Gasteiger partial charge in [0.05, 0.1) is 0 Å². The summed E-state index contributed by atoms with van der Waals surface area (Å²) in [6.07, 6.45) is 18.1. The first-order chi connectivity index (χ1) is 12.8. The molecule has 1 amide bonds. The molecule has 5 nitrogen and oxygen atoms in total. The maximum atomic E-state index is 12.3. The van der Waals surface area contributed by atoms with Crippen LogP contribution in [0.1, 0.15) is 74.7 Å². The SMILES string of the molecule is O=C(NCCC1=CCCCC1)c1cc(NCCC2=CCCCC2)ncn1. The van der Waals surface area contributed by atoms with Gasteiger partial charge in [0.25, 0.3) is 5.91 Å². The molecule has 3 rings (SSSR count). The number of allylic oxidation sites excluding steroid dienone is 2. The van der Waals surface area contributed by atoms with Gasteiger partial charge < -0.3 is 10.6 Å². The van der Waals surface area contributed by atoms with Gasteiger partial charge in [-0.1, -0.05) is 23.3 Å². The van der Waals surface area contributed by atoms with E-state index in [1.165, 1.54) is 68.8 Å². The molecule has 1 aromatic rings. The fraction of sp³-hybridized carbons (Fsp3) is 0.571. The lowest BCUT2D eigenvalue weighted by Crippen LogP contribution is -2.26. The first-order valence-corrected chi connectivity index (χ1v) is 10.0. The number of carbonyl (C=O) groups is 1. The lowest BCUT2D eigenvalue weighted by Gasteiger charge is -2.14. The molecule has 1 aromatic heterocycles. The Morgan fingerprint density at radius 1 is 0.923 bits per heavy atom. The van der Waals surface area contributed by atoms with Crippen LogP contribution in [0.4, 0.5) is 5.82 Å². The van der Waals surface area contributed by atoms with Crippen molar-refractivity contribution in [2.24, 2.45) is 0 Å². The van der Waals surface area contributed by atoms with Gasteiger partial charge in [-0.05, 0) is 64.2 Å². The van der Waals surface area contributed by atoms with Crippen molar-refractivity contribution in [3.05, 3.63) is 41.4 Å². The van der Waals surface area contributed by atoms with E-state index < -0.39 is 0 Å². The molecule has 26 heavy (non-hydrogen) atoms. The van der Waals surface area contributed by atoms with Crippen molar-refractivity contribution < 1.29 is 4.79 Å². The second-order valence-corrected chi connectivity index (χ2v) is 7.19. The minimum atomic E-state index is -0.123. The van der Waals surface area contributed by atoms with Crippen LogP contribution in [-0.2, 0) is 0 Å². The van der Waals surface area contributed by atoms with Gasteiger partial charge in [-0.25, -0.2) is 9.97 Å². The first-order valence-electron chi connectivity index (χ1n) is 10.0. The predicted molar refractivity (Wildman–Crippen MR) is 105 cm³/mol. The number of nitrogens with zero attached hydrogens (tertiary/aromatic N) is 2. The number of anilines is 1. The smallest absolute Gasteiger partial charge is 0.270 e. The van der Waals surface area contributed by atoms with Crippen molar-refractivity contribution in [1.29, 1.82) is 0 Å². The summed E-state index contributed by atoms with van der Waals surface area (Å²) in [5, 5.41) is 6.29. The van der Waals surface area contributed by atoms with Crippen LogP contribution >= 0.6 is 0 Å². The number of hydrogen-bond donors (Lipinski definition) is 2. The highest BCUT2D eigenvalue weighted by Crippen LogP contribution is 2.20. The van der Waals surface area contributed by atoms with Crippen LogP contribution in [-0.4, -0.2) is 29.0 Å². The zero-order valence-electron chi connectivity index (χ0n) is 15.6. The molecule has 0 bridgehead atoms. The fourth-order valence-corrected chi connectivity index (χ4v) is 3.62. The van der Waals surface area contributed by atoms with Crippen LogP contribution in [0.5, 0.6) is 0 Å². The zero-order valence-corrected chi connectivity index (χ0v) is 15.6. The molecule has 0 saturated carbocycles. The molecule has 0 atom stereocenters. The Morgan fingerprint density at radius 2 is 1.62 bits per heavy atom. The van der Waals surface area contributed by atoms with Crippen LogP contribution in [0.15, 0.2) is 35.7 Å². The van der Waals surface area contributed by atoms with Crippen LogP contribution < -0.4 is 10.6 Å². The Morgan fingerprint density at radius 3 is 2.27 bits per heavy atom. The van der Waals surface area contributed by atoms with Crippen LogP contribution in [0, 0.1) is 0 Å². The standard InChI is InChI=1S/C21H30N4O/c26-21(23-14-12-18-9-5-2-6-10-18)19-15-20(25-16-24-19)22-13-11-17-7-3-1-4-8-17/h7,9,15-16H,1-6,8,10-14H2,(H,23,26)(H,22,24,25). The van der Waals surface area contributed by atoms with E-state index in [-0.39, 0.29) is 5.91 Å². The van der Waals surface area contributed by atoms with E-state index in [0.29, 0.717) is 12.2 Å². The van der Waals surface area contributed by atoms with Gasteiger partial charge in [0.1, 0.15) is 17.8 Å². The second-order valence-electron chi connectivity index (χ2n) is 7.19. The summed E-state index contributed by atoms with van der Waals surface area (Å²) in [6, 6.07) is 1.74. The van der Waals surface area contributed by atoms with E-state index in [1.54, 1.807) is 6.07 Å². The Balaban J connectivity index is 1.42. The van der Waals surface area contributed by atoms with Crippen molar-refractivity contribution in [3.8, 4) is 0 Å². The minimum absolute atomic E-state index is 0.123. The van der Waals surface area contributed by atoms with Gasteiger partial charge in [0.2, 0.25) is 0 Å². The summed E-state index contributed by atoms with van der Waals surface area (Å²) in [4.78, 5) is 20.6. The van der Waals surface area contributed by atoms with Crippen molar-refractivity contribution >= 4 is 11.7 Å². The zero-order chi connectivity index (χ0) is 18.0. The molecule has 0 fully saturated rings. The summed E-state index contributed by atoms with van der Waals surface area (Å²) in [5.41, 5.74) is 3.43. The molecule has 2 aliphatic carbocycles. The lowest BCUT2D eigenvalue weighted by atomic mass is 9.97.